The van der Waals surface area contributed by atoms with Gasteiger partial charge >= 0.3 is 0 Å². The van der Waals surface area contributed by atoms with E-state index in [9.17, 15) is 4.79 Å². The Kier molecular flexibility index (Phi) is 5.87. The summed E-state index contributed by atoms with van der Waals surface area (Å²) in [4.78, 5) is 15.1. The summed E-state index contributed by atoms with van der Waals surface area (Å²) in [5.74, 6) is 0.111. The monoisotopic (exact) mass is 366 g/mol. The van der Waals surface area contributed by atoms with E-state index >= 15 is 0 Å². The number of rotatable bonds is 6. The first-order chi connectivity index (χ1) is 13.3. The van der Waals surface area contributed by atoms with Crippen molar-refractivity contribution in [2.45, 2.75) is 57.0 Å². The van der Waals surface area contributed by atoms with E-state index in [-0.39, 0.29) is 5.91 Å². The van der Waals surface area contributed by atoms with E-state index in [1.54, 1.807) is 0 Å². The molecular formula is C22H30N4O. The first-order valence-electron chi connectivity index (χ1n) is 10.4. The molecule has 2 atom stereocenters. The molecule has 0 aliphatic carbocycles. The van der Waals surface area contributed by atoms with E-state index in [4.69, 9.17) is 0 Å². The van der Waals surface area contributed by atoms with Gasteiger partial charge in [0.1, 0.15) is 5.69 Å². The van der Waals surface area contributed by atoms with Crippen molar-refractivity contribution in [1.82, 2.24) is 20.0 Å². The number of aromatic nitrogens is 2. The van der Waals surface area contributed by atoms with E-state index < -0.39 is 0 Å². The minimum atomic E-state index is 0.111. The summed E-state index contributed by atoms with van der Waals surface area (Å²) in [7, 11) is 0. The molecule has 2 aliphatic heterocycles. The quantitative estimate of drug-likeness (QED) is 0.852. The molecule has 1 N–H and O–H groups in total. The molecule has 144 valence electrons. The molecule has 0 radical (unpaired) electrons. The summed E-state index contributed by atoms with van der Waals surface area (Å²) < 4.78 is 1.99. The second-order valence-corrected chi connectivity index (χ2v) is 7.85. The van der Waals surface area contributed by atoms with Crippen LogP contribution in [0, 0.1) is 0 Å². The molecule has 2 aliphatic rings. The Morgan fingerprint density at radius 3 is 2.85 bits per heavy atom. The minimum Gasteiger partial charge on any atom is -0.334 e. The third kappa shape index (κ3) is 4.41. The highest BCUT2D eigenvalue weighted by Gasteiger charge is 2.30. The van der Waals surface area contributed by atoms with Crippen molar-refractivity contribution < 1.29 is 4.79 Å². The van der Waals surface area contributed by atoms with E-state index in [1.165, 1.54) is 12.0 Å². The van der Waals surface area contributed by atoms with Gasteiger partial charge in [-0.1, -0.05) is 30.3 Å². The zero-order chi connectivity index (χ0) is 18.5. The number of nitrogens with one attached hydrogen (secondary N) is 1. The van der Waals surface area contributed by atoms with E-state index in [0.717, 1.165) is 58.2 Å². The van der Waals surface area contributed by atoms with Crippen LogP contribution in [0.5, 0.6) is 0 Å². The Morgan fingerprint density at radius 2 is 2.04 bits per heavy atom. The van der Waals surface area contributed by atoms with Crippen molar-refractivity contribution in [2.24, 2.45) is 0 Å². The van der Waals surface area contributed by atoms with Gasteiger partial charge in [0.25, 0.3) is 5.91 Å². The van der Waals surface area contributed by atoms with E-state index in [1.807, 2.05) is 16.9 Å². The highest BCUT2D eigenvalue weighted by atomic mass is 16.2. The number of benzene rings is 1. The number of hydrogen-bond donors (Lipinski definition) is 1. The summed E-state index contributed by atoms with van der Waals surface area (Å²) in [5.41, 5.74) is 1.99. The highest BCUT2D eigenvalue weighted by molar-refractivity contribution is 5.92. The lowest BCUT2D eigenvalue weighted by Crippen LogP contribution is -2.36. The molecular weight excluding hydrogens is 336 g/mol. The summed E-state index contributed by atoms with van der Waals surface area (Å²) in [5, 5.41) is 8.04. The number of hydrogen-bond acceptors (Lipinski definition) is 3. The first kappa shape index (κ1) is 18.2. The number of piperidine rings is 1. The molecule has 0 spiro atoms. The van der Waals surface area contributed by atoms with Crippen molar-refractivity contribution >= 4 is 5.91 Å². The van der Waals surface area contributed by atoms with Crippen LogP contribution in [0.2, 0.25) is 0 Å². The Bertz CT molecular complexity index is 736. The molecule has 0 bridgehead atoms. The van der Waals surface area contributed by atoms with Gasteiger partial charge in [0, 0.05) is 25.3 Å². The normalized spacial score (nSPS) is 22.9. The lowest BCUT2D eigenvalue weighted by Gasteiger charge is -2.24. The van der Waals surface area contributed by atoms with Crippen molar-refractivity contribution in [3.05, 3.63) is 53.9 Å². The summed E-state index contributed by atoms with van der Waals surface area (Å²) in [6.45, 7) is 2.90. The fourth-order valence-electron chi connectivity index (χ4n) is 4.45. The van der Waals surface area contributed by atoms with Gasteiger partial charge in [-0.15, -0.1) is 0 Å². The zero-order valence-corrected chi connectivity index (χ0v) is 16.0. The van der Waals surface area contributed by atoms with Crippen LogP contribution in [0.15, 0.2) is 42.6 Å². The number of carbonyl (C=O) groups excluding carboxylic acids is 1. The van der Waals surface area contributed by atoms with Gasteiger partial charge in [-0.2, -0.15) is 5.10 Å². The maximum atomic E-state index is 13.0. The molecule has 27 heavy (non-hydrogen) atoms. The predicted octanol–water partition coefficient (Wildman–Crippen LogP) is 3.44. The van der Waals surface area contributed by atoms with Gasteiger partial charge in [0.2, 0.25) is 0 Å². The second kappa shape index (κ2) is 8.70. The lowest BCUT2D eigenvalue weighted by molar-refractivity contribution is 0.0721. The second-order valence-electron chi connectivity index (χ2n) is 7.85. The fourth-order valence-corrected chi connectivity index (χ4v) is 4.45. The molecule has 1 aromatic carbocycles. The Balaban J connectivity index is 1.34. The molecule has 2 saturated heterocycles. The molecule has 3 heterocycles. The third-order valence-electron chi connectivity index (χ3n) is 5.96. The average molecular weight is 367 g/mol. The first-order valence-corrected chi connectivity index (χ1v) is 10.4. The number of nitrogens with zero attached hydrogens (tertiary/aromatic N) is 3. The van der Waals surface area contributed by atoms with Gasteiger partial charge in [0.15, 0.2) is 0 Å². The molecule has 0 saturated carbocycles. The van der Waals surface area contributed by atoms with Crippen LogP contribution < -0.4 is 5.32 Å². The molecule has 1 amide bonds. The number of carbonyl (C=O) groups is 1. The molecule has 4 rings (SSSR count). The number of aryl methyl sites for hydroxylation is 1. The summed E-state index contributed by atoms with van der Waals surface area (Å²) >= 11 is 0. The van der Waals surface area contributed by atoms with E-state index in [2.05, 4.69) is 45.6 Å². The van der Waals surface area contributed by atoms with Crippen LogP contribution in [0.4, 0.5) is 0 Å². The van der Waals surface area contributed by atoms with Crippen LogP contribution in [0.1, 0.15) is 60.6 Å². The standard InChI is InChI=1S/C22H30N4O/c27-22(21-13-16-26(24-21)20-11-5-14-23-17-20)25-15-6-12-19(25)10-4-9-18-7-2-1-3-8-18/h1-3,7-8,13,16,19-20,23H,4-6,9-12,14-15,17H2. The molecule has 2 fully saturated rings. The predicted molar refractivity (Wildman–Crippen MR) is 107 cm³/mol. The molecule has 5 heteroatoms. The smallest absolute Gasteiger partial charge is 0.274 e. The maximum Gasteiger partial charge on any atom is 0.274 e. The van der Waals surface area contributed by atoms with Gasteiger partial charge in [0.05, 0.1) is 6.04 Å². The van der Waals surface area contributed by atoms with E-state index in [0.29, 0.717) is 17.8 Å². The largest absolute Gasteiger partial charge is 0.334 e. The lowest BCUT2D eigenvalue weighted by atomic mass is 10.0. The average Bonchev–Trinajstić information content (AvgIpc) is 3.39. The van der Waals surface area contributed by atoms with Crippen LogP contribution in [-0.2, 0) is 6.42 Å². The van der Waals surface area contributed by atoms with Crippen LogP contribution in [0.25, 0.3) is 0 Å². The molecule has 2 aromatic rings. The van der Waals surface area contributed by atoms with Gasteiger partial charge in [-0.3, -0.25) is 9.48 Å². The van der Waals surface area contributed by atoms with Crippen molar-refractivity contribution in [3.63, 3.8) is 0 Å². The van der Waals surface area contributed by atoms with Crippen LogP contribution in [-0.4, -0.2) is 46.3 Å². The van der Waals surface area contributed by atoms with Crippen molar-refractivity contribution in [1.29, 1.82) is 0 Å². The number of amides is 1. The topological polar surface area (TPSA) is 50.2 Å². The van der Waals surface area contributed by atoms with Gasteiger partial charge in [-0.05, 0) is 63.1 Å². The Labute approximate surface area is 161 Å². The SMILES string of the molecule is O=C(c1ccn(C2CCCNC2)n1)N1CCCC1CCCc1ccccc1. The van der Waals surface area contributed by atoms with Gasteiger partial charge in [-0.25, -0.2) is 0 Å². The number of likely N-dealkylation sites (tertiary alicyclic amines) is 1. The summed E-state index contributed by atoms with van der Waals surface area (Å²) in [6, 6.07) is 13.3. The van der Waals surface area contributed by atoms with Crippen LogP contribution in [0.3, 0.4) is 0 Å². The third-order valence-corrected chi connectivity index (χ3v) is 5.96. The molecule has 1 aromatic heterocycles. The summed E-state index contributed by atoms with van der Waals surface area (Å²) in [6.07, 6.45) is 9.79. The van der Waals surface area contributed by atoms with Crippen molar-refractivity contribution in [2.75, 3.05) is 19.6 Å². The highest BCUT2D eigenvalue weighted by Crippen LogP contribution is 2.24. The van der Waals surface area contributed by atoms with Crippen molar-refractivity contribution in [3.8, 4) is 0 Å². The zero-order valence-electron chi connectivity index (χ0n) is 16.0. The molecule has 2 unspecified atom stereocenters. The Morgan fingerprint density at radius 1 is 1.15 bits per heavy atom. The van der Waals surface area contributed by atoms with Crippen LogP contribution >= 0.6 is 0 Å². The fraction of sp³-hybridized carbons (Fsp3) is 0.545. The molecule has 5 nitrogen and oxygen atoms in total. The van der Waals surface area contributed by atoms with Gasteiger partial charge < -0.3 is 10.2 Å². The maximum absolute atomic E-state index is 13.0. The Hall–Kier alpha value is -2.14. The minimum absolute atomic E-state index is 0.111.